The van der Waals surface area contributed by atoms with Crippen molar-refractivity contribution < 1.29 is 9.53 Å². The molecule has 0 N–H and O–H groups in total. The predicted octanol–water partition coefficient (Wildman–Crippen LogP) is -0.135. The third-order valence-electron chi connectivity index (χ3n) is 3.23. The number of ether oxygens (including phenoxy) is 1. The van der Waals surface area contributed by atoms with E-state index in [1.165, 1.54) is 4.90 Å². The summed E-state index contributed by atoms with van der Waals surface area (Å²) >= 11 is 0. The van der Waals surface area contributed by atoms with Crippen LogP contribution in [0.15, 0.2) is 0 Å². The number of anilines is 2. The van der Waals surface area contributed by atoms with Crippen LogP contribution in [0.1, 0.15) is 17.5 Å². The van der Waals surface area contributed by atoms with Gasteiger partial charge in [-0.15, -0.1) is 0 Å². The third-order valence-corrected chi connectivity index (χ3v) is 3.23. The van der Waals surface area contributed by atoms with Crippen molar-refractivity contribution in [2.45, 2.75) is 13.0 Å². The molecule has 1 aromatic rings. The summed E-state index contributed by atoms with van der Waals surface area (Å²) in [4.78, 5) is 30.4. The van der Waals surface area contributed by atoms with Gasteiger partial charge in [-0.1, -0.05) is 0 Å². The first-order chi connectivity index (χ1) is 9.90. The molecule has 0 spiro atoms. The second-order valence-corrected chi connectivity index (χ2v) is 5.47. The van der Waals surface area contributed by atoms with Crippen molar-refractivity contribution in [1.29, 1.82) is 0 Å². The monoisotopic (exact) mass is 294 g/mol. The lowest BCUT2D eigenvalue weighted by molar-refractivity contribution is 0.0814. The van der Waals surface area contributed by atoms with Gasteiger partial charge in [0, 0.05) is 34.7 Å². The number of aromatic nitrogens is 3. The van der Waals surface area contributed by atoms with E-state index in [1.807, 2.05) is 25.9 Å². The fourth-order valence-electron chi connectivity index (χ4n) is 2.00. The van der Waals surface area contributed by atoms with Crippen LogP contribution in [0.2, 0.25) is 0 Å². The molecule has 0 radical (unpaired) electrons. The first kappa shape index (κ1) is 15.4. The number of morpholine rings is 1. The van der Waals surface area contributed by atoms with Crippen LogP contribution in [0.25, 0.3) is 0 Å². The molecule has 1 saturated heterocycles. The maximum absolute atomic E-state index is 12.1. The van der Waals surface area contributed by atoms with Crippen LogP contribution < -0.4 is 9.80 Å². The Kier molecular flexibility index (Phi) is 4.56. The van der Waals surface area contributed by atoms with Crippen LogP contribution in [0.3, 0.4) is 0 Å². The second-order valence-electron chi connectivity index (χ2n) is 5.47. The molecule has 0 aromatic carbocycles. The van der Waals surface area contributed by atoms with E-state index in [-0.39, 0.29) is 17.8 Å². The molecule has 0 saturated carbocycles. The number of hydrogen-bond donors (Lipinski definition) is 0. The van der Waals surface area contributed by atoms with Gasteiger partial charge < -0.3 is 19.4 Å². The minimum Gasteiger partial charge on any atom is -0.377 e. The Bertz CT molecular complexity index is 519. The van der Waals surface area contributed by atoms with Crippen molar-refractivity contribution in [3.63, 3.8) is 0 Å². The first-order valence-corrected chi connectivity index (χ1v) is 6.89. The number of rotatable bonds is 3. The molecule has 1 aliphatic rings. The summed E-state index contributed by atoms with van der Waals surface area (Å²) in [6.07, 6.45) is 0. The molecule has 1 amide bonds. The maximum atomic E-state index is 12.1. The van der Waals surface area contributed by atoms with Gasteiger partial charge >= 0.3 is 0 Å². The van der Waals surface area contributed by atoms with E-state index in [0.29, 0.717) is 31.7 Å². The predicted molar refractivity (Wildman–Crippen MR) is 79.8 cm³/mol. The molecule has 2 heterocycles. The van der Waals surface area contributed by atoms with E-state index in [9.17, 15) is 4.79 Å². The summed E-state index contributed by atoms with van der Waals surface area (Å²) in [5, 5.41) is 0. The number of nitrogens with zero attached hydrogens (tertiary/aromatic N) is 6. The average molecular weight is 294 g/mol. The van der Waals surface area contributed by atoms with Gasteiger partial charge in [-0.05, 0) is 6.92 Å². The number of hydrogen-bond acceptors (Lipinski definition) is 7. The Morgan fingerprint density at radius 2 is 1.95 bits per heavy atom. The molecule has 0 bridgehead atoms. The highest BCUT2D eigenvalue weighted by atomic mass is 16.5. The van der Waals surface area contributed by atoms with Gasteiger partial charge in [0.1, 0.15) is 0 Å². The zero-order chi connectivity index (χ0) is 15.6. The van der Waals surface area contributed by atoms with E-state index in [1.54, 1.807) is 19.0 Å². The molecule has 1 aromatic heterocycles. The molecule has 0 unspecified atom stereocenters. The van der Waals surface area contributed by atoms with Crippen LogP contribution in [0.5, 0.6) is 0 Å². The maximum Gasteiger partial charge on any atom is 0.291 e. The van der Waals surface area contributed by atoms with Gasteiger partial charge in [0.05, 0.1) is 19.3 Å². The molecule has 116 valence electrons. The Morgan fingerprint density at radius 1 is 1.24 bits per heavy atom. The molecule has 1 aliphatic heterocycles. The van der Waals surface area contributed by atoms with Crippen LogP contribution in [-0.2, 0) is 4.74 Å². The highest BCUT2D eigenvalue weighted by molar-refractivity contribution is 5.90. The molecule has 8 nitrogen and oxygen atoms in total. The van der Waals surface area contributed by atoms with Crippen molar-refractivity contribution >= 4 is 17.8 Å². The van der Waals surface area contributed by atoms with Gasteiger partial charge in [-0.3, -0.25) is 4.79 Å². The summed E-state index contributed by atoms with van der Waals surface area (Å²) in [6, 6.07) is 0.165. The van der Waals surface area contributed by atoms with Crippen molar-refractivity contribution in [3.8, 4) is 0 Å². The van der Waals surface area contributed by atoms with Crippen LogP contribution in [-0.4, -0.2) is 79.8 Å². The van der Waals surface area contributed by atoms with Gasteiger partial charge in [-0.2, -0.15) is 15.0 Å². The molecular formula is C13H22N6O2. The number of carbonyl (C=O) groups is 1. The fourth-order valence-corrected chi connectivity index (χ4v) is 2.00. The minimum absolute atomic E-state index is 0.160. The van der Waals surface area contributed by atoms with E-state index in [2.05, 4.69) is 15.0 Å². The zero-order valence-corrected chi connectivity index (χ0v) is 13.2. The molecule has 21 heavy (non-hydrogen) atoms. The quantitative estimate of drug-likeness (QED) is 0.768. The van der Waals surface area contributed by atoms with Crippen LogP contribution in [0, 0.1) is 0 Å². The average Bonchev–Trinajstić information content (AvgIpc) is 2.46. The Morgan fingerprint density at radius 3 is 2.52 bits per heavy atom. The van der Waals surface area contributed by atoms with Gasteiger partial charge in [0.25, 0.3) is 5.91 Å². The lowest BCUT2D eigenvalue weighted by atomic mass is 10.3. The highest BCUT2D eigenvalue weighted by Gasteiger charge is 2.24. The van der Waals surface area contributed by atoms with E-state index >= 15 is 0 Å². The molecule has 8 heteroatoms. The first-order valence-electron chi connectivity index (χ1n) is 6.89. The van der Waals surface area contributed by atoms with E-state index in [0.717, 1.165) is 0 Å². The largest absolute Gasteiger partial charge is 0.377 e. The van der Waals surface area contributed by atoms with E-state index < -0.39 is 0 Å². The highest BCUT2D eigenvalue weighted by Crippen LogP contribution is 2.18. The lowest BCUT2D eigenvalue weighted by Gasteiger charge is -2.33. The molecule has 1 atom stereocenters. The smallest absolute Gasteiger partial charge is 0.291 e. The van der Waals surface area contributed by atoms with Gasteiger partial charge in [-0.25, -0.2) is 0 Å². The number of amides is 1. The summed E-state index contributed by atoms with van der Waals surface area (Å²) in [5.41, 5.74) is 0. The Balaban J connectivity index is 2.42. The number of carbonyl (C=O) groups excluding carboxylic acids is 1. The van der Waals surface area contributed by atoms with Crippen LogP contribution >= 0.6 is 0 Å². The van der Waals surface area contributed by atoms with Crippen molar-refractivity contribution in [3.05, 3.63) is 5.82 Å². The molecule has 2 rings (SSSR count). The van der Waals surface area contributed by atoms with Gasteiger partial charge in [0.15, 0.2) is 0 Å². The minimum atomic E-state index is -0.234. The fraction of sp³-hybridized carbons (Fsp3) is 0.692. The second kappa shape index (κ2) is 6.21. The summed E-state index contributed by atoms with van der Waals surface area (Å²) in [7, 11) is 7.04. The standard InChI is InChI=1S/C13H22N6O2/c1-9-8-21-7-6-19(9)13-15-10(11(20)17(2)3)14-12(16-13)18(4)5/h9H,6-8H2,1-5H3/t9-/m1/s1. The lowest BCUT2D eigenvalue weighted by Crippen LogP contribution is -2.45. The zero-order valence-electron chi connectivity index (χ0n) is 13.2. The van der Waals surface area contributed by atoms with Crippen LogP contribution in [0.4, 0.5) is 11.9 Å². The van der Waals surface area contributed by atoms with E-state index in [4.69, 9.17) is 4.74 Å². The summed E-state index contributed by atoms with van der Waals surface area (Å²) < 4.78 is 5.43. The Hall–Kier alpha value is -1.96. The topological polar surface area (TPSA) is 74.7 Å². The molecule has 0 aliphatic carbocycles. The third kappa shape index (κ3) is 3.38. The van der Waals surface area contributed by atoms with Gasteiger partial charge in [0.2, 0.25) is 17.7 Å². The molecule has 1 fully saturated rings. The SMILES string of the molecule is C[C@@H]1COCCN1c1nc(C(=O)N(C)C)nc(N(C)C)n1. The van der Waals surface area contributed by atoms with Crippen molar-refractivity contribution in [2.75, 3.05) is 57.7 Å². The molecular weight excluding hydrogens is 272 g/mol. The van der Waals surface area contributed by atoms with Crippen molar-refractivity contribution in [1.82, 2.24) is 19.9 Å². The summed E-state index contributed by atoms with van der Waals surface area (Å²) in [5.74, 6) is 0.925. The summed E-state index contributed by atoms with van der Waals surface area (Å²) in [6.45, 7) is 4.00. The normalized spacial score (nSPS) is 18.5. The Labute approximate surface area is 124 Å². The van der Waals surface area contributed by atoms with Crippen molar-refractivity contribution in [2.24, 2.45) is 0 Å².